The summed E-state index contributed by atoms with van der Waals surface area (Å²) in [6.07, 6.45) is 4.48. The quantitative estimate of drug-likeness (QED) is 0.780. The summed E-state index contributed by atoms with van der Waals surface area (Å²) < 4.78 is 2.05. The lowest BCUT2D eigenvalue weighted by molar-refractivity contribution is 0.674. The molecular weight excluding hydrogens is 279 g/mol. The molecule has 1 heterocycles. The molecule has 2 aromatic rings. The third-order valence-corrected chi connectivity index (χ3v) is 3.16. The third-order valence-electron chi connectivity index (χ3n) is 2.52. The molecule has 0 saturated carbocycles. The van der Waals surface area contributed by atoms with Crippen molar-refractivity contribution in [2.24, 2.45) is 0 Å². The highest BCUT2D eigenvalue weighted by Crippen LogP contribution is 2.16. The Morgan fingerprint density at radius 1 is 1.24 bits per heavy atom. The first-order valence-electron chi connectivity index (χ1n) is 5.09. The summed E-state index contributed by atoms with van der Waals surface area (Å²) in [7, 11) is 0. The van der Waals surface area contributed by atoms with E-state index in [1.54, 1.807) is 12.5 Å². The van der Waals surface area contributed by atoms with Crippen molar-refractivity contribution in [3.05, 3.63) is 53.1 Å². The van der Waals surface area contributed by atoms with Crippen molar-refractivity contribution in [3.63, 3.8) is 0 Å². The molecule has 0 saturated heterocycles. The average molecular weight is 292 g/mol. The second-order valence-electron chi connectivity index (χ2n) is 3.55. The highest BCUT2D eigenvalue weighted by Gasteiger charge is 2.02. The number of aryl methyl sites for hydroxylation is 2. The molecular formula is C12H13Cl3N2. The van der Waals surface area contributed by atoms with Crippen LogP contribution in [-0.4, -0.2) is 9.55 Å². The molecule has 5 heteroatoms. The van der Waals surface area contributed by atoms with Gasteiger partial charge in [-0.3, -0.25) is 0 Å². The Morgan fingerprint density at radius 3 is 2.71 bits per heavy atom. The van der Waals surface area contributed by atoms with E-state index in [-0.39, 0.29) is 12.4 Å². The van der Waals surface area contributed by atoms with Gasteiger partial charge < -0.3 is 4.57 Å². The molecule has 92 valence electrons. The molecule has 2 rings (SSSR count). The first-order valence-corrected chi connectivity index (χ1v) is 6.01. The molecule has 1 aromatic carbocycles. The standard InChI is InChI=1S/C12H12Cl2N2.ClH/c13-7-11-8-15-9-16(11)6-5-10-3-1-2-4-12(10)14;/h1-4,8-9H,5-7H2;1H. The number of benzene rings is 1. The second kappa shape index (κ2) is 6.90. The second-order valence-corrected chi connectivity index (χ2v) is 4.23. The van der Waals surface area contributed by atoms with Gasteiger partial charge >= 0.3 is 0 Å². The lowest BCUT2D eigenvalue weighted by Crippen LogP contribution is -2.03. The van der Waals surface area contributed by atoms with Gasteiger partial charge in [-0.05, 0) is 18.1 Å². The summed E-state index contributed by atoms with van der Waals surface area (Å²) in [6.45, 7) is 0.853. The molecule has 0 atom stereocenters. The highest BCUT2D eigenvalue weighted by molar-refractivity contribution is 6.31. The highest BCUT2D eigenvalue weighted by atomic mass is 35.5. The van der Waals surface area contributed by atoms with Crippen LogP contribution in [0.4, 0.5) is 0 Å². The fourth-order valence-electron chi connectivity index (χ4n) is 1.60. The van der Waals surface area contributed by atoms with Crippen LogP contribution < -0.4 is 0 Å². The zero-order valence-corrected chi connectivity index (χ0v) is 11.5. The van der Waals surface area contributed by atoms with Crippen molar-refractivity contribution in [3.8, 4) is 0 Å². The number of halogens is 3. The number of hydrogen-bond donors (Lipinski definition) is 0. The Bertz CT molecular complexity index is 468. The first kappa shape index (κ1) is 14.4. The van der Waals surface area contributed by atoms with Crippen molar-refractivity contribution in [2.75, 3.05) is 0 Å². The summed E-state index contributed by atoms with van der Waals surface area (Å²) in [5.74, 6) is 0.489. The molecule has 2 nitrogen and oxygen atoms in total. The van der Waals surface area contributed by atoms with Crippen LogP contribution in [0.25, 0.3) is 0 Å². The SMILES string of the molecule is Cl.ClCc1cncn1CCc1ccccc1Cl. The lowest BCUT2D eigenvalue weighted by atomic mass is 10.1. The average Bonchev–Trinajstić information content (AvgIpc) is 2.75. The van der Waals surface area contributed by atoms with Gasteiger partial charge in [0, 0.05) is 17.8 Å². The Balaban J connectivity index is 0.00000144. The summed E-state index contributed by atoms with van der Waals surface area (Å²) in [6, 6.07) is 7.89. The lowest BCUT2D eigenvalue weighted by Gasteiger charge is -2.07. The van der Waals surface area contributed by atoms with Crippen molar-refractivity contribution < 1.29 is 0 Å². The fourth-order valence-corrected chi connectivity index (χ4v) is 2.06. The zero-order chi connectivity index (χ0) is 11.4. The minimum Gasteiger partial charge on any atom is -0.333 e. The normalized spacial score (nSPS) is 10.0. The van der Waals surface area contributed by atoms with E-state index in [2.05, 4.69) is 9.55 Å². The Hall–Kier alpha value is -0.700. The number of alkyl halides is 1. The van der Waals surface area contributed by atoms with Gasteiger partial charge in [-0.2, -0.15) is 0 Å². The maximum Gasteiger partial charge on any atom is 0.0948 e. The van der Waals surface area contributed by atoms with Crippen LogP contribution in [0.15, 0.2) is 36.8 Å². The van der Waals surface area contributed by atoms with Crippen LogP contribution in [-0.2, 0) is 18.8 Å². The number of rotatable bonds is 4. The van der Waals surface area contributed by atoms with Gasteiger partial charge in [0.2, 0.25) is 0 Å². The van der Waals surface area contributed by atoms with Gasteiger partial charge in [0.1, 0.15) is 0 Å². The zero-order valence-electron chi connectivity index (χ0n) is 9.14. The largest absolute Gasteiger partial charge is 0.333 e. The van der Waals surface area contributed by atoms with Crippen LogP contribution in [0.2, 0.25) is 5.02 Å². The Kier molecular flexibility index (Phi) is 5.83. The van der Waals surface area contributed by atoms with Crippen molar-refractivity contribution in [1.29, 1.82) is 0 Å². The fraction of sp³-hybridized carbons (Fsp3) is 0.250. The van der Waals surface area contributed by atoms with Gasteiger partial charge in [0.25, 0.3) is 0 Å². The molecule has 0 aliphatic carbocycles. The van der Waals surface area contributed by atoms with Crippen LogP contribution >= 0.6 is 35.6 Å². The van der Waals surface area contributed by atoms with Crippen molar-refractivity contribution >= 4 is 35.6 Å². The van der Waals surface area contributed by atoms with Crippen LogP contribution in [0, 0.1) is 0 Å². The molecule has 0 spiro atoms. The van der Waals surface area contributed by atoms with Gasteiger partial charge in [-0.1, -0.05) is 29.8 Å². The molecule has 0 amide bonds. The van der Waals surface area contributed by atoms with E-state index in [1.807, 2.05) is 24.3 Å². The van der Waals surface area contributed by atoms with E-state index in [0.717, 1.165) is 29.2 Å². The van der Waals surface area contributed by atoms with Crippen LogP contribution in [0.3, 0.4) is 0 Å². The van der Waals surface area contributed by atoms with Crippen molar-refractivity contribution in [1.82, 2.24) is 9.55 Å². The summed E-state index contributed by atoms with van der Waals surface area (Å²) in [5, 5.41) is 0.815. The number of nitrogens with zero attached hydrogens (tertiary/aromatic N) is 2. The number of hydrogen-bond acceptors (Lipinski definition) is 1. The van der Waals surface area contributed by atoms with Crippen molar-refractivity contribution in [2.45, 2.75) is 18.8 Å². The van der Waals surface area contributed by atoms with E-state index in [0.29, 0.717) is 5.88 Å². The Morgan fingerprint density at radius 2 is 2.00 bits per heavy atom. The topological polar surface area (TPSA) is 17.8 Å². The maximum atomic E-state index is 6.09. The molecule has 0 N–H and O–H groups in total. The van der Waals surface area contributed by atoms with Gasteiger partial charge in [-0.25, -0.2) is 4.98 Å². The molecule has 0 radical (unpaired) electrons. The summed E-state index contributed by atoms with van der Waals surface area (Å²) in [5.41, 5.74) is 2.19. The molecule has 0 aliphatic rings. The van der Waals surface area contributed by atoms with Gasteiger partial charge in [0.15, 0.2) is 0 Å². The first-order chi connectivity index (χ1) is 7.81. The summed E-state index contributed by atoms with van der Waals surface area (Å²) in [4.78, 5) is 4.07. The van der Waals surface area contributed by atoms with Gasteiger partial charge in [0.05, 0.1) is 17.9 Å². The molecule has 0 bridgehead atoms. The minimum atomic E-state index is 0. The third kappa shape index (κ3) is 3.63. The number of aromatic nitrogens is 2. The molecule has 0 unspecified atom stereocenters. The van der Waals surface area contributed by atoms with E-state index >= 15 is 0 Å². The van der Waals surface area contributed by atoms with E-state index in [4.69, 9.17) is 23.2 Å². The molecule has 1 aromatic heterocycles. The predicted octanol–water partition coefficient (Wildman–Crippen LogP) is 3.94. The van der Waals surface area contributed by atoms with E-state index < -0.39 is 0 Å². The van der Waals surface area contributed by atoms with Gasteiger partial charge in [-0.15, -0.1) is 24.0 Å². The van der Waals surface area contributed by atoms with Crippen LogP contribution in [0.1, 0.15) is 11.3 Å². The smallest absolute Gasteiger partial charge is 0.0948 e. The number of imidazole rings is 1. The van der Waals surface area contributed by atoms with E-state index in [1.165, 1.54) is 0 Å². The maximum absolute atomic E-state index is 6.09. The molecule has 0 aliphatic heterocycles. The Labute approximate surface area is 117 Å². The molecule has 0 fully saturated rings. The molecule has 17 heavy (non-hydrogen) atoms. The summed E-state index contributed by atoms with van der Waals surface area (Å²) >= 11 is 11.9. The predicted molar refractivity (Wildman–Crippen MR) is 74.2 cm³/mol. The van der Waals surface area contributed by atoms with E-state index in [9.17, 15) is 0 Å². The minimum absolute atomic E-state index is 0. The monoisotopic (exact) mass is 290 g/mol. The van der Waals surface area contributed by atoms with Crippen LogP contribution in [0.5, 0.6) is 0 Å².